The number of pyridine rings is 1. The number of carbonyl (C=O) groups excluding carboxylic acids is 1. The molecule has 76 valence electrons. The first kappa shape index (κ1) is 10.5. The van der Waals surface area contributed by atoms with Crippen molar-refractivity contribution >= 4 is 5.91 Å². The summed E-state index contributed by atoms with van der Waals surface area (Å²) in [5.41, 5.74) is 3.48. The molecule has 0 spiro atoms. The lowest BCUT2D eigenvalue weighted by molar-refractivity contribution is 0.0982. The van der Waals surface area contributed by atoms with Crippen LogP contribution in [0.5, 0.6) is 0 Å². The molecule has 14 heavy (non-hydrogen) atoms. The number of aromatic nitrogens is 1. The Morgan fingerprint density at radius 3 is 2.57 bits per heavy atom. The molecule has 1 amide bonds. The van der Waals surface area contributed by atoms with Crippen LogP contribution in [0, 0.1) is 12.9 Å². The number of nitrogens with zero attached hydrogens (tertiary/aromatic N) is 1. The van der Waals surface area contributed by atoms with E-state index in [-0.39, 0.29) is 5.56 Å². The third-order valence-electron chi connectivity index (χ3n) is 1.65. The Hall–Kier alpha value is -1.59. The maximum atomic E-state index is 12.8. The van der Waals surface area contributed by atoms with E-state index < -0.39 is 29.5 Å². The molecule has 0 aliphatic rings. The number of halogens is 3. The lowest BCUT2D eigenvalue weighted by Gasteiger charge is -2.06. The van der Waals surface area contributed by atoms with Crippen LogP contribution in [0.25, 0.3) is 0 Å². The van der Waals surface area contributed by atoms with E-state index in [2.05, 4.69) is 4.98 Å². The Morgan fingerprint density at radius 2 is 2.14 bits per heavy atom. The summed E-state index contributed by atoms with van der Waals surface area (Å²) in [5, 5.41) is 0. The topological polar surface area (TPSA) is 56.0 Å². The van der Waals surface area contributed by atoms with Gasteiger partial charge in [0.1, 0.15) is 5.69 Å². The average molecular weight is 204 g/mol. The summed E-state index contributed by atoms with van der Waals surface area (Å²) in [6, 6.07) is 0.964. The zero-order valence-electron chi connectivity index (χ0n) is 7.22. The highest BCUT2D eigenvalue weighted by molar-refractivity contribution is 5.94. The summed E-state index contributed by atoms with van der Waals surface area (Å²) in [7, 11) is 0. The van der Waals surface area contributed by atoms with Crippen molar-refractivity contribution in [3.8, 4) is 0 Å². The van der Waals surface area contributed by atoms with E-state index in [4.69, 9.17) is 5.73 Å². The molecule has 1 rings (SSSR count). The summed E-state index contributed by atoms with van der Waals surface area (Å²) < 4.78 is 37.3. The number of amides is 1. The number of hydrogen-bond donors (Lipinski definition) is 1. The SMILES string of the molecule is Cc1cc(C(N)=O)c(C(F)F)nc1F. The Labute approximate surface area is 77.7 Å². The van der Waals surface area contributed by atoms with Gasteiger partial charge in [0, 0.05) is 5.56 Å². The monoisotopic (exact) mass is 204 g/mol. The first-order valence-electron chi connectivity index (χ1n) is 3.68. The molecular weight excluding hydrogens is 197 g/mol. The van der Waals surface area contributed by atoms with Crippen LogP contribution in [0.2, 0.25) is 0 Å². The highest BCUT2D eigenvalue weighted by Crippen LogP contribution is 2.22. The molecule has 0 aliphatic heterocycles. The average Bonchev–Trinajstić information content (AvgIpc) is 2.08. The van der Waals surface area contributed by atoms with Gasteiger partial charge in [-0.3, -0.25) is 4.79 Å². The lowest BCUT2D eigenvalue weighted by Crippen LogP contribution is -2.16. The zero-order chi connectivity index (χ0) is 10.9. The fourth-order valence-electron chi connectivity index (χ4n) is 0.968. The minimum absolute atomic E-state index is 0.00296. The molecule has 2 N–H and O–H groups in total. The van der Waals surface area contributed by atoms with Gasteiger partial charge in [0.15, 0.2) is 0 Å². The minimum atomic E-state index is -3.02. The molecule has 1 aromatic rings. The van der Waals surface area contributed by atoms with Crippen LogP contribution in [-0.4, -0.2) is 10.9 Å². The fraction of sp³-hybridized carbons (Fsp3) is 0.250. The van der Waals surface area contributed by atoms with Gasteiger partial charge in [0.25, 0.3) is 12.3 Å². The van der Waals surface area contributed by atoms with Gasteiger partial charge in [0.05, 0.1) is 5.56 Å². The number of carbonyl (C=O) groups is 1. The third kappa shape index (κ3) is 1.84. The van der Waals surface area contributed by atoms with E-state index in [1.807, 2.05) is 0 Å². The first-order chi connectivity index (χ1) is 6.43. The van der Waals surface area contributed by atoms with Crippen LogP contribution in [0.1, 0.15) is 28.0 Å². The Kier molecular flexibility index (Phi) is 2.73. The van der Waals surface area contributed by atoms with Crippen molar-refractivity contribution in [3.05, 3.63) is 28.8 Å². The van der Waals surface area contributed by atoms with E-state index in [1.54, 1.807) is 0 Å². The van der Waals surface area contributed by atoms with Gasteiger partial charge in [0.2, 0.25) is 5.95 Å². The van der Waals surface area contributed by atoms with Gasteiger partial charge in [-0.2, -0.15) is 4.39 Å². The summed E-state index contributed by atoms with van der Waals surface area (Å²) in [4.78, 5) is 13.7. The third-order valence-corrected chi connectivity index (χ3v) is 1.65. The number of primary amides is 1. The fourth-order valence-corrected chi connectivity index (χ4v) is 0.968. The molecule has 1 heterocycles. The summed E-state index contributed by atoms with van der Waals surface area (Å²) in [5.74, 6) is -2.07. The van der Waals surface area contributed by atoms with Gasteiger partial charge >= 0.3 is 0 Å². The van der Waals surface area contributed by atoms with Crippen molar-refractivity contribution in [2.24, 2.45) is 5.73 Å². The maximum Gasteiger partial charge on any atom is 0.281 e. The van der Waals surface area contributed by atoms with Gasteiger partial charge in [-0.1, -0.05) is 0 Å². The second-order valence-corrected chi connectivity index (χ2v) is 2.69. The molecule has 6 heteroatoms. The van der Waals surface area contributed by atoms with Crippen molar-refractivity contribution < 1.29 is 18.0 Å². The quantitative estimate of drug-likeness (QED) is 0.743. The molecule has 3 nitrogen and oxygen atoms in total. The van der Waals surface area contributed by atoms with Crippen LogP contribution in [0.4, 0.5) is 13.2 Å². The summed E-state index contributed by atoms with van der Waals surface area (Å²) in [6.07, 6.45) is -3.02. The van der Waals surface area contributed by atoms with Gasteiger partial charge in [-0.05, 0) is 13.0 Å². The van der Waals surface area contributed by atoms with Crippen LogP contribution in [-0.2, 0) is 0 Å². The van der Waals surface area contributed by atoms with Crippen LogP contribution in [0.15, 0.2) is 6.07 Å². The lowest BCUT2D eigenvalue weighted by atomic mass is 10.1. The van der Waals surface area contributed by atoms with Gasteiger partial charge < -0.3 is 5.73 Å². The predicted octanol–water partition coefficient (Wildman–Crippen LogP) is 1.57. The van der Waals surface area contributed by atoms with Crippen molar-refractivity contribution in [2.75, 3.05) is 0 Å². The van der Waals surface area contributed by atoms with E-state index >= 15 is 0 Å². The molecule has 0 aromatic carbocycles. The molecule has 0 fully saturated rings. The first-order valence-corrected chi connectivity index (χ1v) is 3.68. The Morgan fingerprint density at radius 1 is 1.57 bits per heavy atom. The second-order valence-electron chi connectivity index (χ2n) is 2.69. The predicted molar refractivity (Wildman–Crippen MR) is 42.4 cm³/mol. The number of aryl methyl sites for hydroxylation is 1. The Balaban J connectivity index is 3.39. The maximum absolute atomic E-state index is 12.8. The molecule has 0 radical (unpaired) electrons. The molecule has 0 saturated heterocycles. The van der Waals surface area contributed by atoms with Crippen LogP contribution in [0.3, 0.4) is 0 Å². The van der Waals surface area contributed by atoms with E-state index in [9.17, 15) is 18.0 Å². The van der Waals surface area contributed by atoms with Crippen molar-refractivity contribution in [3.63, 3.8) is 0 Å². The van der Waals surface area contributed by atoms with Crippen LogP contribution >= 0.6 is 0 Å². The molecule has 0 aliphatic carbocycles. The smallest absolute Gasteiger partial charge is 0.281 e. The normalized spacial score (nSPS) is 10.6. The minimum Gasteiger partial charge on any atom is -0.366 e. The molecule has 1 aromatic heterocycles. The molecular formula is C8H7F3N2O. The van der Waals surface area contributed by atoms with Gasteiger partial charge in [-0.15, -0.1) is 0 Å². The van der Waals surface area contributed by atoms with Crippen molar-refractivity contribution in [1.29, 1.82) is 0 Å². The Bertz CT molecular complexity index is 379. The molecule has 0 bridgehead atoms. The van der Waals surface area contributed by atoms with Crippen molar-refractivity contribution in [2.45, 2.75) is 13.3 Å². The number of alkyl halides is 2. The standard InChI is InChI=1S/C8H7F3N2O/c1-3-2-4(8(12)14)5(6(9)10)13-7(3)11/h2,6H,1H3,(H2,12,14). The summed E-state index contributed by atoms with van der Waals surface area (Å²) >= 11 is 0. The number of hydrogen-bond acceptors (Lipinski definition) is 2. The van der Waals surface area contributed by atoms with E-state index in [0.717, 1.165) is 6.07 Å². The van der Waals surface area contributed by atoms with E-state index in [0.29, 0.717) is 0 Å². The highest BCUT2D eigenvalue weighted by atomic mass is 19.3. The number of nitrogens with two attached hydrogens (primary N) is 1. The van der Waals surface area contributed by atoms with Crippen molar-refractivity contribution in [1.82, 2.24) is 4.98 Å². The summed E-state index contributed by atoms with van der Waals surface area (Å²) in [6.45, 7) is 1.31. The molecule has 0 atom stereocenters. The van der Waals surface area contributed by atoms with Crippen LogP contribution < -0.4 is 5.73 Å². The van der Waals surface area contributed by atoms with Gasteiger partial charge in [-0.25, -0.2) is 13.8 Å². The number of rotatable bonds is 2. The highest BCUT2D eigenvalue weighted by Gasteiger charge is 2.20. The molecule has 0 unspecified atom stereocenters. The van der Waals surface area contributed by atoms with E-state index in [1.165, 1.54) is 6.92 Å². The second kappa shape index (κ2) is 3.65. The molecule has 0 saturated carbocycles. The largest absolute Gasteiger partial charge is 0.366 e. The zero-order valence-corrected chi connectivity index (χ0v) is 7.22.